The minimum Gasteiger partial charge on any atom is -0.340 e. The van der Waals surface area contributed by atoms with Crippen LogP contribution < -0.4 is 15.8 Å². The molecule has 0 radical (unpaired) electrons. The molecule has 2 atom stereocenters. The lowest BCUT2D eigenvalue weighted by molar-refractivity contribution is 0.279. The monoisotopic (exact) mass is 498 g/mol. The fourth-order valence-electron chi connectivity index (χ4n) is 4.95. The molecule has 2 aromatic carbocycles. The normalized spacial score (nSPS) is 18.8. The Bertz CT molecular complexity index is 1470. The molecule has 4 aromatic rings. The van der Waals surface area contributed by atoms with Crippen molar-refractivity contribution < 1.29 is 0 Å². The molecule has 6 rings (SSSR count). The molecule has 2 aliphatic rings. The molecule has 0 aliphatic carbocycles. The zero-order chi connectivity index (χ0) is 24.5. The third-order valence-corrected chi connectivity index (χ3v) is 6.69. The Kier molecular flexibility index (Phi) is 5.90. The zero-order valence-corrected chi connectivity index (χ0v) is 20.1. The van der Waals surface area contributed by atoms with Crippen LogP contribution in [-0.4, -0.2) is 32.6 Å². The third kappa shape index (κ3) is 4.70. The minimum absolute atomic E-state index is 0.0675. The van der Waals surface area contributed by atoms with Gasteiger partial charge in [-0.2, -0.15) is 25.2 Å². The van der Waals surface area contributed by atoms with E-state index in [0.717, 1.165) is 42.3 Å². The molecule has 2 bridgehead atoms. The van der Waals surface area contributed by atoms with Gasteiger partial charge in [0.2, 0.25) is 17.2 Å². The summed E-state index contributed by atoms with van der Waals surface area (Å²) in [7, 11) is 0. The number of nitrogens with zero attached hydrogens (tertiary/aromatic N) is 7. The van der Waals surface area contributed by atoms with E-state index in [1.165, 1.54) is 0 Å². The highest BCUT2D eigenvalue weighted by Crippen LogP contribution is 2.36. The molecular formula is C26H23ClN8O. The first kappa shape index (κ1) is 22.4. The summed E-state index contributed by atoms with van der Waals surface area (Å²) in [5, 5.41) is 11.8. The number of hydrogen-bond donors (Lipinski definition) is 1. The standard InChI is InChI=1S/C26H23ClN8O/c27-24-29-25(28-19-9-11-21(12-10-19)33-32-20-5-2-1-3-6-20)31-26(30-24)34-14-17-13-18(16-34)22-7-4-8-23(36)35(22)15-17/h1-12,17-18H,13-16H2,(H,28,29,30,31). The Morgan fingerprint density at radius 3 is 2.42 bits per heavy atom. The summed E-state index contributed by atoms with van der Waals surface area (Å²) >= 11 is 6.28. The van der Waals surface area contributed by atoms with E-state index in [-0.39, 0.29) is 16.8 Å². The van der Waals surface area contributed by atoms with Crippen molar-refractivity contribution in [3.8, 4) is 0 Å². The fourth-order valence-corrected chi connectivity index (χ4v) is 5.10. The smallest absolute Gasteiger partial charge is 0.250 e. The van der Waals surface area contributed by atoms with E-state index in [9.17, 15) is 4.79 Å². The molecule has 4 heterocycles. The van der Waals surface area contributed by atoms with E-state index in [4.69, 9.17) is 11.6 Å². The average molecular weight is 499 g/mol. The van der Waals surface area contributed by atoms with E-state index >= 15 is 0 Å². The molecule has 0 amide bonds. The van der Waals surface area contributed by atoms with Crippen LogP contribution in [0.3, 0.4) is 0 Å². The largest absolute Gasteiger partial charge is 0.340 e. The van der Waals surface area contributed by atoms with Gasteiger partial charge in [-0.25, -0.2) is 0 Å². The summed E-state index contributed by atoms with van der Waals surface area (Å²) in [6.45, 7) is 2.19. The minimum atomic E-state index is 0.0675. The van der Waals surface area contributed by atoms with Crippen LogP contribution in [0.1, 0.15) is 18.0 Å². The van der Waals surface area contributed by atoms with Crippen molar-refractivity contribution in [3.05, 3.63) is 94.1 Å². The van der Waals surface area contributed by atoms with Crippen molar-refractivity contribution in [2.45, 2.75) is 18.9 Å². The molecule has 2 unspecified atom stereocenters. The molecule has 36 heavy (non-hydrogen) atoms. The lowest BCUT2D eigenvalue weighted by Crippen LogP contribution is -2.47. The van der Waals surface area contributed by atoms with Gasteiger partial charge in [-0.05, 0) is 66.4 Å². The van der Waals surface area contributed by atoms with E-state index in [2.05, 4.69) is 35.4 Å². The van der Waals surface area contributed by atoms with Gasteiger partial charge in [-0.3, -0.25) is 4.79 Å². The molecule has 2 aromatic heterocycles. The number of anilines is 3. The van der Waals surface area contributed by atoms with Crippen LogP contribution in [0.4, 0.5) is 29.0 Å². The van der Waals surface area contributed by atoms with Gasteiger partial charge in [0.1, 0.15) is 0 Å². The number of aromatic nitrogens is 4. The van der Waals surface area contributed by atoms with E-state index in [0.29, 0.717) is 24.4 Å². The predicted molar refractivity (Wildman–Crippen MR) is 139 cm³/mol. The summed E-state index contributed by atoms with van der Waals surface area (Å²) in [4.78, 5) is 27.8. The lowest BCUT2D eigenvalue weighted by atomic mass is 9.83. The van der Waals surface area contributed by atoms with Crippen molar-refractivity contribution in [3.63, 3.8) is 0 Å². The first-order valence-corrected chi connectivity index (χ1v) is 12.2. The second-order valence-corrected chi connectivity index (χ2v) is 9.38. The number of fused-ring (bicyclic) bond motifs is 4. The van der Waals surface area contributed by atoms with E-state index in [1.54, 1.807) is 6.07 Å². The molecule has 180 valence electrons. The second kappa shape index (κ2) is 9.50. The topological polar surface area (TPSA) is 101 Å². The first-order chi connectivity index (χ1) is 17.6. The zero-order valence-electron chi connectivity index (χ0n) is 19.3. The van der Waals surface area contributed by atoms with Gasteiger partial charge in [0.25, 0.3) is 5.56 Å². The molecule has 0 spiro atoms. The maximum Gasteiger partial charge on any atom is 0.250 e. The third-order valence-electron chi connectivity index (χ3n) is 6.52. The van der Waals surface area contributed by atoms with Gasteiger partial charge in [0, 0.05) is 43.0 Å². The molecule has 1 saturated heterocycles. The highest BCUT2D eigenvalue weighted by molar-refractivity contribution is 6.28. The lowest BCUT2D eigenvalue weighted by Gasteiger charge is -2.42. The van der Waals surface area contributed by atoms with Crippen molar-refractivity contribution in [2.24, 2.45) is 16.1 Å². The Balaban J connectivity index is 1.18. The summed E-state index contributed by atoms with van der Waals surface area (Å²) in [5.74, 6) is 1.50. The molecular weight excluding hydrogens is 476 g/mol. The van der Waals surface area contributed by atoms with Crippen LogP contribution in [0.15, 0.2) is 87.8 Å². The van der Waals surface area contributed by atoms with Crippen LogP contribution in [0, 0.1) is 5.92 Å². The number of azo groups is 1. The SMILES string of the molecule is O=c1cccc2n1CC1CC2CN(c2nc(Cl)nc(Nc3ccc(N=Nc4ccccc4)cc3)n2)C1. The number of benzene rings is 2. The summed E-state index contributed by atoms with van der Waals surface area (Å²) in [5.41, 5.74) is 3.47. The number of hydrogen-bond acceptors (Lipinski definition) is 8. The van der Waals surface area contributed by atoms with Crippen molar-refractivity contribution >= 4 is 40.6 Å². The molecule has 10 heteroatoms. The fraction of sp³-hybridized carbons (Fsp3) is 0.231. The average Bonchev–Trinajstić information content (AvgIpc) is 2.89. The summed E-state index contributed by atoms with van der Waals surface area (Å²) in [6, 6.07) is 22.6. The number of rotatable bonds is 5. The van der Waals surface area contributed by atoms with Crippen LogP contribution in [0.5, 0.6) is 0 Å². The predicted octanol–water partition coefficient (Wildman–Crippen LogP) is 5.47. The number of nitrogens with one attached hydrogen (secondary N) is 1. The van der Waals surface area contributed by atoms with Gasteiger partial charge in [-0.15, -0.1) is 0 Å². The summed E-state index contributed by atoms with van der Waals surface area (Å²) < 4.78 is 1.91. The quantitative estimate of drug-likeness (QED) is 0.366. The van der Waals surface area contributed by atoms with Crippen LogP contribution in [-0.2, 0) is 6.54 Å². The Morgan fingerprint density at radius 1 is 0.833 bits per heavy atom. The van der Waals surface area contributed by atoms with Crippen LogP contribution >= 0.6 is 11.6 Å². The number of halogens is 1. The van der Waals surface area contributed by atoms with E-state index in [1.807, 2.05) is 71.3 Å². The molecule has 1 fully saturated rings. The Hall–Kier alpha value is -4.11. The highest BCUT2D eigenvalue weighted by atomic mass is 35.5. The van der Waals surface area contributed by atoms with E-state index < -0.39 is 0 Å². The van der Waals surface area contributed by atoms with Gasteiger partial charge in [-0.1, -0.05) is 24.3 Å². The van der Waals surface area contributed by atoms with Crippen molar-refractivity contribution in [2.75, 3.05) is 23.3 Å². The first-order valence-electron chi connectivity index (χ1n) is 11.8. The van der Waals surface area contributed by atoms with Gasteiger partial charge in [0.15, 0.2) is 0 Å². The summed E-state index contributed by atoms with van der Waals surface area (Å²) in [6.07, 6.45) is 1.05. The molecule has 2 aliphatic heterocycles. The van der Waals surface area contributed by atoms with Gasteiger partial charge >= 0.3 is 0 Å². The van der Waals surface area contributed by atoms with Crippen molar-refractivity contribution in [1.82, 2.24) is 19.5 Å². The van der Waals surface area contributed by atoms with Gasteiger partial charge in [0.05, 0.1) is 11.4 Å². The highest BCUT2D eigenvalue weighted by Gasteiger charge is 2.35. The number of pyridine rings is 1. The molecule has 9 nitrogen and oxygen atoms in total. The van der Waals surface area contributed by atoms with Crippen LogP contribution in [0.2, 0.25) is 5.28 Å². The Morgan fingerprint density at radius 2 is 1.61 bits per heavy atom. The second-order valence-electron chi connectivity index (χ2n) is 9.04. The number of piperidine rings is 1. The molecule has 1 N–H and O–H groups in total. The molecule has 0 saturated carbocycles. The maximum absolute atomic E-state index is 12.3. The van der Waals surface area contributed by atoms with Gasteiger partial charge < -0.3 is 14.8 Å². The maximum atomic E-state index is 12.3. The Labute approximate surface area is 212 Å². The van der Waals surface area contributed by atoms with Crippen LogP contribution in [0.25, 0.3) is 0 Å². The van der Waals surface area contributed by atoms with Crippen molar-refractivity contribution in [1.29, 1.82) is 0 Å².